The lowest BCUT2D eigenvalue weighted by Gasteiger charge is -2.17. The number of carbonyl (C=O) groups is 1. The molecule has 0 heterocycles. The van der Waals surface area contributed by atoms with Crippen molar-refractivity contribution in [3.63, 3.8) is 0 Å². The summed E-state index contributed by atoms with van der Waals surface area (Å²) in [5, 5.41) is 4.51. The van der Waals surface area contributed by atoms with Gasteiger partial charge >= 0.3 is 5.97 Å². The van der Waals surface area contributed by atoms with Crippen LogP contribution in [0.2, 0.25) is 0 Å². The third-order valence-corrected chi connectivity index (χ3v) is 6.03. The molecule has 1 atom stereocenters. The fourth-order valence-electron chi connectivity index (χ4n) is 4.24. The predicted molar refractivity (Wildman–Crippen MR) is 124 cm³/mol. The Kier molecular flexibility index (Phi) is 4.84. The number of benzene rings is 4. The summed E-state index contributed by atoms with van der Waals surface area (Å²) in [6, 6.07) is 26.8. The Morgan fingerprint density at radius 1 is 0.900 bits per heavy atom. The van der Waals surface area contributed by atoms with Gasteiger partial charge in [0.15, 0.2) is 0 Å². The van der Waals surface area contributed by atoms with Gasteiger partial charge in [-0.1, -0.05) is 91.7 Å². The standard InChI is InChI=1S/C28H24O2/c1-2-20(18-19-14-15-19)28(29)30-26-17-16-22-9-4-6-12-24(22)27(26)25-13-7-10-21-8-3-5-11-23(21)25/h2-13,16-17,19-20H,1,14-15,18H2. The van der Waals surface area contributed by atoms with Crippen molar-refractivity contribution in [3.05, 3.63) is 91.5 Å². The van der Waals surface area contributed by atoms with E-state index in [1.54, 1.807) is 6.08 Å². The van der Waals surface area contributed by atoms with Crippen LogP contribution in [0.4, 0.5) is 0 Å². The summed E-state index contributed by atoms with van der Waals surface area (Å²) in [5.74, 6) is 0.769. The molecule has 0 amide bonds. The predicted octanol–water partition coefficient (Wildman–Crippen LogP) is 7.17. The molecule has 148 valence electrons. The Balaban J connectivity index is 1.65. The number of esters is 1. The number of hydrogen-bond donors (Lipinski definition) is 0. The van der Waals surface area contributed by atoms with Crippen molar-refractivity contribution in [2.75, 3.05) is 0 Å². The second kappa shape index (κ2) is 7.79. The summed E-state index contributed by atoms with van der Waals surface area (Å²) < 4.78 is 6.03. The van der Waals surface area contributed by atoms with Gasteiger partial charge in [-0.25, -0.2) is 0 Å². The molecule has 0 aromatic heterocycles. The normalized spacial score (nSPS) is 14.5. The average Bonchev–Trinajstić information content (AvgIpc) is 3.61. The zero-order valence-electron chi connectivity index (χ0n) is 16.9. The van der Waals surface area contributed by atoms with E-state index in [0.717, 1.165) is 39.1 Å². The molecule has 5 rings (SSSR count). The van der Waals surface area contributed by atoms with Gasteiger partial charge < -0.3 is 4.74 Å². The highest BCUT2D eigenvalue weighted by Gasteiger charge is 2.29. The van der Waals surface area contributed by atoms with Gasteiger partial charge in [-0.15, -0.1) is 6.58 Å². The van der Waals surface area contributed by atoms with Crippen LogP contribution in [0.5, 0.6) is 5.75 Å². The van der Waals surface area contributed by atoms with Crippen molar-refractivity contribution in [2.24, 2.45) is 11.8 Å². The molecular weight excluding hydrogens is 368 g/mol. The van der Waals surface area contributed by atoms with Crippen LogP contribution >= 0.6 is 0 Å². The van der Waals surface area contributed by atoms with Crippen molar-refractivity contribution >= 4 is 27.5 Å². The van der Waals surface area contributed by atoms with Gasteiger partial charge in [-0.2, -0.15) is 0 Å². The summed E-state index contributed by atoms with van der Waals surface area (Å²) >= 11 is 0. The van der Waals surface area contributed by atoms with E-state index in [4.69, 9.17) is 4.74 Å². The smallest absolute Gasteiger partial charge is 0.318 e. The summed E-state index contributed by atoms with van der Waals surface area (Å²) in [4.78, 5) is 13.0. The largest absolute Gasteiger partial charge is 0.425 e. The van der Waals surface area contributed by atoms with E-state index >= 15 is 0 Å². The van der Waals surface area contributed by atoms with Crippen LogP contribution in [0, 0.1) is 11.8 Å². The highest BCUT2D eigenvalue weighted by molar-refractivity contribution is 6.08. The number of hydrogen-bond acceptors (Lipinski definition) is 2. The highest BCUT2D eigenvalue weighted by Crippen LogP contribution is 2.41. The minimum atomic E-state index is -0.260. The van der Waals surface area contributed by atoms with E-state index in [-0.39, 0.29) is 11.9 Å². The maximum absolute atomic E-state index is 13.0. The first-order valence-corrected chi connectivity index (χ1v) is 10.6. The molecule has 1 aliphatic carbocycles. The second-order valence-corrected chi connectivity index (χ2v) is 8.13. The van der Waals surface area contributed by atoms with E-state index in [2.05, 4.69) is 49.0 Å². The van der Waals surface area contributed by atoms with Gasteiger partial charge in [0.2, 0.25) is 0 Å². The molecule has 2 nitrogen and oxygen atoms in total. The third kappa shape index (κ3) is 3.50. The van der Waals surface area contributed by atoms with E-state index < -0.39 is 0 Å². The molecule has 0 N–H and O–H groups in total. The summed E-state index contributed by atoms with van der Waals surface area (Å²) in [6.45, 7) is 3.88. The van der Waals surface area contributed by atoms with Crippen molar-refractivity contribution in [1.82, 2.24) is 0 Å². The monoisotopic (exact) mass is 392 g/mol. The molecule has 2 heteroatoms. The van der Waals surface area contributed by atoms with Crippen LogP contribution in [-0.2, 0) is 4.79 Å². The maximum atomic E-state index is 13.0. The first-order chi connectivity index (χ1) is 14.7. The van der Waals surface area contributed by atoms with Crippen LogP contribution in [0.3, 0.4) is 0 Å². The van der Waals surface area contributed by atoms with Crippen LogP contribution in [0.1, 0.15) is 19.3 Å². The fourth-order valence-corrected chi connectivity index (χ4v) is 4.24. The molecule has 30 heavy (non-hydrogen) atoms. The molecule has 1 saturated carbocycles. The van der Waals surface area contributed by atoms with Crippen molar-refractivity contribution in [3.8, 4) is 16.9 Å². The molecule has 0 spiro atoms. The molecule has 4 aromatic rings. The zero-order chi connectivity index (χ0) is 20.5. The van der Waals surface area contributed by atoms with E-state index in [0.29, 0.717) is 11.7 Å². The minimum Gasteiger partial charge on any atom is -0.425 e. The number of rotatable bonds is 6. The highest BCUT2D eigenvalue weighted by atomic mass is 16.5. The fraction of sp³-hybridized carbons (Fsp3) is 0.179. The van der Waals surface area contributed by atoms with Gasteiger partial charge in [-0.3, -0.25) is 4.79 Å². The Morgan fingerprint density at radius 2 is 1.57 bits per heavy atom. The van der Waals surface area contributed by atoms with Crippen LogP contribution in [0.15, 0.2) is 91.5 Å². The van der Waals surface area contributed by atoms with Gasteiger partial charge in [0.05, 0.1) is 5.92 Å². The van der Waals surface area contributed by atoms with Crippen LogP contribution in [0.25, 0.3) is 32.7 Å². The molecule has 1 aliphatic rings. The second-order valence-electron chi connectivity index (χ2n) is 8.13. The SMILES string of the molecule is C=CC(CC1CC1)C(=O)Oc1ccc2ccccc2c1-c1cccc2ccccc12. The Bertz CT molecular complexity index is 1240. The van der Waals surface area contributed by atoms with Gasteiger partial charge in [0.25, 0.3) is 0 Å². The summed E-state index contributed by atoms with van der Waals surface area (Å²) in [6.07, 6.45) is 4.97. The molecular formula is C28H24O2. The lowest BCUT2D eigenvalue weighted by atomic mass is 9.93. The Labute approximate surface area is 176 Å². The first kappa shape index (κ1) is 18.6. The maximum Gasteiger partial charge on any atom is 0.318 e. The van der Waals surface area contributed by atoms with Gasteiger partial charge in [0.1, 0.15) is 5.75 Å². The first-order valence-electron chi connectivity index (χ1n) is 10.6. The number of carbonyl (C=O) groups excluding carboxylic acids is 1. The summed E-state index contributed by atoms with van der Waals surface area (Å²) in [7, 11) is 0. The average molecular weight is 392 g/mol. The third-order valence-electron chi connectivity index (χ3n) is 6.03. The topological polar surface area (TPSA) is 26.3 Å². The van der Waals surface area contributed by atoms with E-state index in [9.17, 15) is 4.79 Å². The van der Waals surface area contributed by atoms with E-state index in [1.807, 2.05) is 36.4 Å². The van der Waals surface area contributed by atoms with E-state index in [1.165, 1.54) is 12.8 Å². The van der Waals surface area contributed by atoms with Crippen molar-refractivity contribution in [2.45, 2.75) is 19.3 Å². The molecule has 1 unspecified atom stereocenters. The zero-order valence-corrected chi connectivity index (χ0v) is 16.9. The van der Waals surface area contributed by atoms with Crippen molar-refractivity contribution < 1.29 is 9.53 Å². The molecule has 0 aliphatic heterocycles. The molecule has 0 saturated heterocycles. The van der Waals surface area contributed by atoms with Crippen LogP contribution in [-0.4, -0.2) is 5.97 Å². The van der Waals surface area contributed by atoms with Crippen molar-refractivity contribution in [1.29, 1.82) is 0 Å². The quantitative estimate of drug-likeness (QED) is 0.197. The van der Waals surface area contributed by atoms with Gasteiger partial charge in [0, 0.05) is 5.56 Å². The summed E-state index contributed by atoms with van der Waals surface area (Å²) in [5.41, 5.74) is 2.04. The number of fused-ring (bicyclic) bond motifs is 2. The minimum absolute atomic E-state index is 0.214. The lowest BCUT2D eigenvalue weighted by Crippen LogP contribution is -2.19. The molecule has 0 radical (unpaired) electrons. The molecule has 1 fully saturated rings. The number of ether oxygens (including phenoxy) is 1. The Morgan fingerprint density at radius 3 is 2.30 bits per heavy atom. The Hall–Kier alpha value is -3.39. The van der Waals surface area contributed by atoms with Gasteiger partial charge in [-0.05, 0) is 45.5 Å². The molecule has 4 aromatic carbocycles. The van der Waals surface area contributed by atoms with Crippen LogP contribution < -0.4 is 4.74 Å². The molecule has 0 bridgehead atoms. The lowest BCUT2D eigenvalue weighted by molar-refractivity contribution is -0.137.